The molecule has 1 rings (SSSR count). The van der Waals surface area contributed by atoms with E-state index in [1.165, 1.54) is 38.5 Å². The van der Waals surface area contributed by atoms with Crippen LogP contribution >= 0.6 is 0 Å². The molecular weight excluding hydrogens is 222 g/mol. The number of ketones is 1. The molecule has 0 saturated heterocycles. The smallest absolute Gasteiger partial charge is 0.164 e. The number of hydrogen-bond acceptors (Lipinski definition) is 1. The largest absolute Gasteiger partial charge is 0.362 e. The van der Waals surface area contributed by atoms with Gasteiger partial charge in [0.05, 0.1) is 0 Å². The highest BCUT2D eigenvalue weighted by Crippen LogP contribution is 2.15. The molecule has 0 aromatic carbocycles. The number of aromatic amines is 1. The van der Waals surface area contributed by atoms with Gasteiger partial charge in [-0.1, -0.05) is 45.4 Å². The van der Waals surface area contributed by atoms with Crippen molar-refractivity contribution >= 4 is 5.78 Å². The average molecular weight is 249 g/mol. The molecule has 0 amide bonds. The first-order valence-electron chi connectivity index (χ1n) is 7.34. The number of aryl methyl sites for hydroxylation is 2. The number of hydrogen-bond donors (Lipinski definition) is 1. The minimum atomic E-state index is 0.297. The van der Waals surface area contributed by atoms with Crippen LogP contribution < -0.4 is 0 Å². The summed E-state index contributed by atoms with van der Waals surface area (Å²) in [4.78, 5) is 15.2. The third-order valence-electron chi connectivity index (χ3n) is 3.46. The van der Waals surface area contributed by atoms with Crippen molar-refractivity contribution in [2.24, 2.45) is 0 Å². The fraction of sp³-hybridized carbons (Fsp3) is 0.688. The van der Waals surface area contributed by atoms with Crippen molar-refractivity contribution in [3.63, 3.8) is 0 Å². The zero-order chi connectivity index (χ0) is 13.4. The van der Waals surface area contributed by atoms with Crippen LogP contribution in [-0.2, 0) is 0 Å². The highest BCUT2D eigenvalue weighted by atomic mass is 16.1. The Morgan fingerprint density at radius 1 is 1.06 bits per heavy atom. The summed E-state index contributed by atoms with van der Waals surface area (Å²) in [5.41, 5.74) is 2.98. The molecule has 0 radical (unpaired) electrons. The normalized spacial score (nSPS) is 10.8. The Morgan fingerprint density at radius 2 is 1.67 bits per heavy atom. The maximum Gasteiger partial charge on any atom is 0.164 e. The van der Waals surface area contributed by atoms with E-state index in [0.29, 0.717) is 12.2 Å². The van der Waals surface area contributed by atoms with Crippen LogP contribution in [0.2, 0.25) is 0 Å². The maximum atomic E-state index is 12.0. The number of carbonyl (C=O) groups excluding carboxylic acids is 1. The van der Waals surface area contributed by atoms with Crippen molar-refractivity contribution in [3.05, 3.63) is 23.0 Å². The van der Waals surface area contributed by atoms with Gasteiger partial charge in [-0.3, -0.25) is 4.79 Å². The second-order valence-corrected chi connectivity index (χ2v) is 5.29. The standard InChI is InChI=1S/C16H27NO/c1-4-5-6-7-8-9-10-11-16(18)15-12-13(2)17-14(15)3/h12,17H,4-11H2,1-3H3. The SMILES string of the molecule is CCCCCCCCCC(=O)c1cc(C)[nH]c1C. The molecule has 18 heavy (non-hydrogen) atoms. The van der Waals surface area contributed by atoms with E-state index in [1.54, 1.807) is 0 Å². The lowest BCUT2D eigenvalue weighted by atomic mass is 10.0. The molecule has 0 atom stereocenters. The minimum absolute atomic E-state index is 0.297. The molecule has 0 aliphatic rings. The van der Waals surface area contributed by atoms with Crippen LogP contribution in [0.15, 0.2) is 6.07 Å². The van der Waals surface area contributed by atoms with Gasteiger partial charge < -0.3 is 4.98 Å². The fourth-order valence-electron chi connectivity index (χ4n) is 2.39. The number of carbonyl (C=O) groups is 1. The van der Waals surface area contributed by atoms with E-state index < -0.39 is 0 Å². The number of unbranched alkanes of at least 4 members (excludes halogenated alkanes) is 6. The van der Waals surface area contributed by atoms with Gasteiger partial charge in [0.25, 0.3) is 0 Å². The summed E-state index contributed by atoms with van der Waals surface area (Å²) in [7, 11) is 0. The minimum Gasteiger partial charge on any atom is -0.362 e. The summed E-state index contributed by atoms with van der Waals surface area (Å²) in [6.45, 7) is 6.21. The Balaban J connectivity index is 2.16. The van der Waals surface area contributed by atoms with Crippen LogP contribution in [0, 0.1) is 13.8 Å². The monoisotopic (exact) mass is 249 g/mol. The van der Waals surface area contributed by atoms with E-state index in [4.69, 9.17) is 0 Å². The van der Waals surface area contributed by atoms with Crippen molar-refractivity contribution in [1.29, 1.82) is 0 Å². The summed E-state index contributed by atoms with van der Waals surface area (Å²) < 4.78 is 0. The molecule has 2 heteroatoms. The fourth-order valence-corrected chi connectivity index (χ4v) is 2.39. The molecule has 0 spiro atoms. The first-order chi connectivity index (χ1) is 8.65. The van der Waals surface area contributed by atoms with Gasteiger partial charge in [-0.15, -0.1) is 0 Å². The summed E-state index contributed by atoms with van der Waals surface area (Å²) in [6, 6.07) is 1.97. The van der Waals surface area contributed by atoms with Gasteiger partial charge in [0.1, 0.15) is 0 Å². The molecular formula is C16H27NO. The Labute approximate surface area is 111 Å². The molecule has 0 fully saturated rings. The van der Waals surface area contributed by atoms with Gasteiger partial charge in [-0.05, 0) is 26.3 Å². The Kier molecular flexibility index (Phi) is 6.77. The van der Waals surface area contributed by atoms with Crippen LogP contribution in [0.5, 0.6) is 0 Å². The zero-order valence-electron chi connectivity index (χ0n) is 12.1. The van der Waals surface area contributed by atoms with E-state index in [0.717, 1.165) is 23.4 Å². The molecule has 0 bridgehead atoms. The third kappa shape index (κ3) is 5.07. The van der Waals surface area contributed by atoms with Crippen molar-refractivity contribution in [2.45, 2.75) is 72.1 Å². The molecule has 0 aliphatic heterocycles. The Hall–Kier alpha value is -1.05. The molecule has 0 unspecified atom stereocenters. The van der Waals surface area contributed by atoms with Crippen molar-refractivity contribution in [1.82, 2.24) is 4.98 Å². The number of nitrogens with one attached hydrogen (secondary N) is 1. The Bertz CT molecular complexity index is 365. The van der Waals surface area contributed by atoms with Crippen LogP contribution in [-0.4, -0.2) is 10.8 Å². The maximum absolute atomic E-state index is 12.0. The van der Waals surface area contributed by atoms with E-state index in [-0.39, 0.29) is 0 Å². The lowest BCUT2D eigenvalue weighted by Gasteiger charge is -2.01. The second kappa shape index (κ2) is 8.12. The molecule has 1 aromatic heterocycles. The van der Waals surface area contributed by atoms with Crippen LogP contribution in [0.25, 0.3) is 0 Å². The van der Waals surface area contributed by atoms with Crippen LogP contribution in [0.3, 0.4) is 0 Å². The van der Waals surface area contributed by atoms with Crippen molar-refractivity contribution in [3.8, 4) is 0 Å². The first-order valence-corrected chi connectivity index (χ1v) is 7.34. The summed E-state index contributed by atoms with van der Waals surface area (Å²) >= 11 is 0. The van der Waals surface area contributed by atoms with E-state index in [2.05, 4.69) is 11.9 Å². The number of Topliss-reactive ketones (excluding diaryl/α,β-unsaturated/α-hetero) is 1. The van der Waals surface area contributed by atoms with Gasteiger partial charge >= 0.3 is 0 Å². The average Bonchev–Trinajstić information content (AvgIpc) is 2.67. The third-order valence-corrected chi connectivity index (χ3v) is 3.46. The van der Waals surface area contributed by atoms with Crippen molar-refractivity contribution in [2.75, 3.05) is 0 Å². The first kappa shape index (κ1) is 15.0. The lowest BCUT2D eigenvalue weighted by molar-refractivity contribution is 0.0978. The quantitative estimate of drug-likeness (QED) is 0.487. The van der Waals surface area contributed by atoms with E-state index in [1.807, 2.05) is 19.9 Å². The van der Waals surface area contributed by atoms with Gasteiger partial charge in [-0.2, -0.15) is 0 Å². The molecule has 2 nitrogen and oxygen atoms in total. The molecule has 1 heterocycles. The number of aromatic nitrogens is 1. The van der Waals surface area contributed by atoms with Gasteiger partial charge in [0.15, 0.2) is 5.78 Å². The molecule has 1 aromatic rings. The summed E-state index contributed by atoms with van der Waals surface area (Å²) in [5.74, 6) is 0.297. The number of rotatable bonds is 9. The zero-order valence-corrected chi connectivity index (χ0v) is 12.1. The van der Waals surface area contributed by atoms with Crippen LogP contribution in [0.4, 0.5) is 0 Å². The van der Waals surface area contributed by atoms with Crippen LogP contribution in [0.1, 0.15) is 80.0 Å². The van der Waals surface area contributed by atoms with E-state index in [9.17, 15) is 4.79 Å². The highest BCUT2D eigenvalue weighted by Gasteiger charge is 2.10. The molecule has 0 aliphatic carbocycles. The lowest BCUT2D eigenvalue weighted by Crippen LogP contribution is -1.99. The predicted molar refractivity (Wildman–Crippen MR) is 77.2 cm³/mol. The highest BCUT2D eigenvalue weighted by molar-refractivity contribution is 5.97. The Morgan fingerprint density at radius 3 is 2.22 bits per heavy atom. The second-order valence-electron chi connectivity index (χ2n) is 5.29. The van der Waals surface area contributed by atoms with Crippen molar-refractivity contribution < 1.29 is 4.79 Å². The molecule has 1 N–H and O–H groups in total. The molecule has 102 valence electrons. The van der Waals surface area contributed by atoms with Gasteiger partial charge in [0.2, 0.25) is 0 Å². The topological polar surface area (TPSA) is 32.9 Å². The van der Waals surface area contributed by atoms with E-state index >= 15 is 0 Å². The summed E-state index contributed by atoms with van der Waals surface area (Å²) in [6.07, 6.45) is 9.52. The van der Waals surface area contributed by atoms with Gasteiger partial charge in [0, 0.05) is 23.4 Å². The summed E-state index contributed by atoms with van der Waals surface area (Å²) in [5, 5.41) is 0. The molecule has 0 saturated carbocycles. The van der Waals surface area contributed by atoms with Gasteiger partial charge in [-0.25, -0.2) is 0 Å². The predicted octanol–water partition coefficient (Wildman–Crippen LogP) is 4.95. The number of H-pyrrole nitrogens is 1.